The van der Waals surface area contributed by atoms with Crippen LogP contribution in [0, 0.1) is 5.92 Å². The average Bonchev–Trinajstić information content (AvgIpc) is 2.89. The van der Waals surface area contributed by atoms with Crippen LogP contribution in [0.25, 0.3) is 0 Å². The van der Waals surface area contributed by atoms with Gasteiger partial charge < -0.3 is 15.0 Å². The van der Waals surface area contributed by atoms with E-state index in [2.05, 4.69) is 32.3 Å². The third kappa shape index (κ3) is 4.18. The molecule has 2 rings (SSSR count). The molecule has 0 aromatic carbocycles. The smallest absolute Gasteiger partial charge is 0.244 e. The second kappa shape index (κ2) is 7.45. The van der Waals surface area contributed by atoms with E-state index < -0.39 is 0 Å². The van der Waals surface area contributed by atoms with Crippen LogP contribution in [0.15, 0.2) is 0 Å². The number of anilines is 1. The molecule has 0 unspecified atom stereocenters. The van der Waals surface area contributed by atoms with E-state index in [-0.39, 0.29) is 0 Å². The van der Waals surface area contributed by atoms with Crippen molar-refractivity contribution in [1.29, 1.82) is 0 Å². The first-order valence-corrected chi connectivity index (χ1v) is 7.22. The lowest BCUT2D eigenvalue weighted by molar-refractivity contribution is 0.116. The summed E-state index contributed by atoms with van der Waals surface area (Å²) in [5.74, 6) is 2.42. The van der Waals surface area contributed by atoms with Gasteiger partial charge in [-0.25, -0.2) is 0 Å². The molecule has 2 N–H and O–H groups in total. The predicted octanol–water partition coefficient (Wildman–Crippen LogP) is 1.17. The van der Waals surface area contributed by atoms with Crippen molar-refractivity contribution >= 4 is 5.95 Å². The van der Waals surface area contributed by atoms with Gasteiger partial charge in [-0.15, -0.1) is 5.10 Å². The van der Waals surface area contributed by atoms with Crippen molar-refractivity contribution in [3.8, 4) is 0 Å². The number of ether oxygens (including phenoxy) is 1. The van der Waals surface area contributed by atoms with Crippen molar-refractivity contribution in [2.24, 2.45) is 5.92 Å². The third-order valence-electron chi connectivity index (χ3n) is 3.50. The van der Waals surface area contributed by atoms with Gasteiger partial charge in [-0.2, -0.15) is 4.98 Å². The van der Waals surface area contributed by atoms with E-state index >= 15 is 0 Å². The number of aromatic nitrogens is 3. The molecule has 1 fully saturated rings. The number of hydrogen-bond acceptors (Lipinski definition) is 5. The standard InChI is InChI=1S/C13H25N5O/c1-3-8-19-10-12-15-13(17-16-12)18-6-4-11(5-7-18)9-14-2/h11,14H,3-10H2,1-2H3,(H,15,16,17). The highest BCUT2D eigenvalue weighted by atomic mass is 16.5. The number of piperidine rings is 1. The number of rotatable bonds is 7. The van der Waals surface area contributed by atoms with Gasteiger partial charge in [0.1, 0.15) is 6.61 Å². The molecule has 0 amide bonds. The molecule has 0 spiro atoms. The maximum absolute atomic E-state index is 5.46. The molecule has 1 aromatic rings. The van der Waals surface area contributed by atoms with Gasteiger partial charge in [-0.3, -0.25) is 5.10 Å². The van der Waals surface area contributed by atoms with Crippen LogP contribution in [0.5, 0.6) is 0 Å². The van der Waals surface area contributed by atoms with Crippen LogP contribution < -0.4 is 10.2 Å². The minimum absolute atomic E-state index is 0.525. The second-order valence-electron chi connectivity index (χ2n) is 5.12. The fourth-order valence-corrected chi connectivity index (χ4v) is 2.43. The van der Waals surface area contributed by atoms with Crippen molar-refractivity contribution in [3.05, 3.63) is 5.82 Å². The minimum atomic E-state index is 0.525. The Morgan fingerprint density at radius 3 is 2.89 bits per heavy atom. The first kappa shape index (κ1) is 14.3. The zero-order chi connectivity index (χ0) is 13.5. The molecule has 6 heteroatoms. The first-order valence-electron chi connectivity index (χ1n) is 7.22. The lowest BCUT2D eigenvalue weighted by Crippen LogP contribution is -2.37. The van der Waals surface area contributed by atoms with Gasteiger partial charge in [0.25, 0.3) is 0 Å². The van der Waals surface area contributed by atoms with Crippen LogP contribution in [-0.4, -0.2) is 48.5 Å². The second-order valence-corrected chi connectivity index (χ2v) is 5.12. The fourth-order valence-electron chi connectivity index (χ4n) is 2.43. The normalized spacial score (nSPS) is 17.1. The molecule has 1 aromatic heterocycles. The number of nitrogens with zero attached hydrogens (tertiary/aromatic N) is 3. The molecule has 0 bridgehead atoms. The Bertz CT molecular complexity index is 360. The predicted molar refractivity (Wildman–Crippen MR) is 75.2 cm³/mol. The molecule has 1 aliphatic rings. The number of nitrogens with one attached hydrogen (secondary N) is 2. The Hall–Kier alpha value is -1.14. The number of H-pyrrole nitrogens is 1. The van der Waals surface area contributed by atoms with Crippen LogP contribution in [0.3, 0.4) is 0 Å². The average molecular weight is 267 g/mol. The minimum Gasteiger partial charge on any atom is -0.373 e. The van der Waals surface area contributed by atoms with Crippen molar-refractivity contribution in [3.63, 3.8) is 0 Å². The first-order chi connectivity index (χ1) is 9.33. The molecule has 6 nitrogen and oxygen atoms in total. The van der Waals surface area contributed by atoms with Crippen LogP contribution in [0.1, 0.15) is 32.0 Å². The summed E-state index contributed by atoms with van der Waals surface area (Å²) in [5, 5.41) is 10.5. The maximum atomic E-state index is 5.46. The largest absolute Gasteiger partial charge is 0.373 e. The molecule has 1 aliphatic heterocycles. The van der Waals surface area contributed by atoms with Gasteiger partial charge in [-0.1, -0.05) is 6.92 Å². The molecule has 2 heterocycles. The van der Waals surface area contributed by atoms with Gasteiger partial charge in [-0.05, 0) is 38.8 Å². The summed E-state index contributed by atoms with van der Waals surface area (Å²) in [6.45, 7) is 6.58. The molecular formula is C13H25N5O. The summed E-state index contributed by atoms with van der Waals surface area (Å²) < 4.78 is 5.46. The Morgan fingerprint density at radius 1 is 1.42 bits per heavy atom. The summed E-state index contributed by atoms with van der Waals surface area (Å²) in [5.41, 5.74) is 0. The van der Waals surface area contributed by atoms with Gasteiger partial charge in [0, 0.05) is 19.7 Å². The Kier molecular flexibility index (Phi) is 5.60. The zero-order valence-corrected chi connectivity index (χ0v) is 12.0. The van der Waals surface area contributed by atoms with Crippen LogP contribution in [0.2, 0.25) is 0 Å². The highest BCUT2D eigenvalue weighted by molar-refractivity contribution is 5.29. The molecule has 108 valence electrons. The summed E-state index contributed by atoms with van der Waals surface area (Å²) in [6.07, 6.45) is 3.44. The summed E-state index contributed by atoms with van der Waals surface area (Å²) in [4.78, 5) is 6.75. The number of aromatic amines is 1. The Morgan fingerprint density at radius 2 is 2.21 bits per heavy atom. The monoisotopic (exact) mass is 267 g/mol. The van der Waals surface area contributed by atoms with Crippen molar-refractivity contribution < 1.29 is 4.74 Å². The molecule has 0 atom stereocenters. The van der Waals surface area contributed by atoms with Gasteiger partial charge in [0.05, 0.1) is 0 Å². The fraction of sp³-hybridized carbons (Fsp3) is 0.846. The number of hydrogen-bond donors (Lipinski definition) is 2. The molecular weight excluding hydrogens is 242 g/mol. The molecule has 0 saturated carbocycles. The summed E-state index contributed by atoms with van der Waals surface area (Å²) in [7, 11) is 2.02. The molecule has 19 heavy (non-hydrogen) atoms. The highest BCUT2D eigenvalue weighted by Crippen LogP contribution is 2.20. The van der Waals surface area contributed by atoms with Crippen molar-refractivity contribution in [2.45, 2.75) is 32.8 Å². The van der Waals surface area contributed by atoms with E-state index in [4.69, 9.17) is 4.74 Å². The highest BCUT2D eigenvalue weighted by Gasteiger charge is 2.21. The summed E-state index contributed by atoms with van der Waals surface area (Å²) in [6, 6.07) is 0. The van der Waals surface area contributed by atoms with Crippen LogP contribution >= 0.6 is 0 Å². The third-order valence-corrected chi connectivity index (χ3v) is 3.50. The van der Waals surface area contributed by atoms with E-state index in [0.29, 0.717) is 6.61 Å². The molecule has 0 radical (unpaired) electrons. The SMILES string of the molecule is CCCOCc1nc(N2CCC(CNC)CC2)n[nH]1. The van der Waals surface area contributed by atoms with Gasteiger partial charge in [0.2, 0.25) is 5.95 Å². The van der Waals surface area contributed by atoms with E-state index in [9.17, 15) is 0 Å². The Balaban J connectivity index is 1.79. The topological polar surface area (TPSA) is 66.1 Å². The van der Waals surface area contributed by atoms with Crippen LogP contribution in [-0.2, 0) is 11.3 Å². The summed E-state index contributed by atoms with van der Waals surface area (Å²) >= 11 is 0. The van der Waals surface area contributed by atoms with E-state index in [0.717, 1.165) is 50.4 Å². The lowest BCUT2D eigenvalue weighted by Gasteiger charge is -2.30. The van der Waals surface area contributed by atoms with Crippen molar-refractivity contribution in [2.75, 3.05) is 38.2 Å². The quantitative estimate of drug-likeness (QED) is 0.726. The van der Waals surface area contributed by atoms with E-state index in [1.807, 2.05) is 7.05 Å². The van der Waals surface area contributed by atoms with Crippen LogP contribution in [0.4, 0.5) is 5.95 Å². The van der Waals surface area contributed by atoms with E-state index in [1.54, 1.807) is 0 Å². The molecule has 1 saturated heterocycles. The van der Waals surface area contributed by atoms with E-state index in [1.165, 1.54) is 12.8 Å². The van der Waals surface area contributed by atoms with Crippen molar-refractivity contribution in [1.82, 2.24) is 20.5 Å². The lowest BCUT2D eigenvalue weighted by atomic mass is 9.97. The zero-order valence-electron chi connectivity index (χ0n) is 12.0. The van der Waals surface area contributed by atoms with Gasteiger partial charge in [0.15, 0.2) is 5.82 Å². The molecule has 0 aliphatic carbocycles. The maximum Gasteiger partial charge on any atom is 0.244 e. The van der Waals surface area contributed by atoms with Gasteiger partial charge >= 0.3 is 0 Å². The Labute approximate surface area is 114 Å².